The fourth-order valence-electron chi connectivity index (χ4n) is 5.32. The Labute approximate surface area is 206 Å². The fraction of sp³-hybridized carbons (Fsp3) is 0.429. The molecule has 0 bridgehead atoms. The Morgan fingerprint density at radius 3 is 2.46 bits per heavy atom. The van der Waals surface area contributed by atoms with Gasteiger partial charge in [-0.15, -0.1) is 0 Å². The van der Waals surface area contributed by atoms with Crippen LogP contribution in [0.3, 0.4) is 0 Å². The first-order chi connectivity index (χ1) is 16.9. The maximum absolute atomic E-state index is 13.5. The summed E-state index contributed by atoms with van der Waals surface area (Å²) in [7, 11) is 2.96. The van der Waals surface area contributed by atoms with Crippen LogP contribution in [0.1, 0.15) is 43.2 Å². The first-order valence-electron chi connectivity index (χ1n) is 12.1. The second-order valence-electron chi connectivity index (χ2n) is 9.52. The van der Waals surface area contributed by atoms with Gasteiger partial charge in [-0.1, -0.05) is 48.5 Å². The van der Waals surface area contributed by atoms with Gasteiger partial charge in [0.1, 0.15) is 11.5 Å². The number of nitrogens with zero attached hydrogens (tertiary/aromatic N) is 2. The van der Waals surface area contributed by atoms with E-state index in [9.17, 15) is 19.2 Å². The van der Waals surface area contributed by atoms with Gasteiger partial charge < -0.3 is 9.64 Å². The van der Waals surface area contributed by atoms with Gasteiger partial charge in [0, 0.05) is 50.9 Å². The zero-order valence-electron chi connectivity index (χ0n) is 20.4. The van der Waals surface area contributed by atoms with Gasteiger partial charge in [0.25, 0.3) is 0 Å². The highest BCUT2D eigenvalue weighted by molar-refractivity contribution is 6.10. The Bertz CT molecular complexity index is 1120. The standard InChI is InChI=1S/C28H32N2O5/c1-29-25(32)17-28(27(29)34,22-12-6-7-13-24(22)35-2)18-26(33)30-16-8-11-21(19-30)23(31)15-14-20-9-4-3-5-10-20/h3-7,9-10,12-13,21H,8,11,14-19H2,1-2H3. The molecule has 2 heterocycles. The number of likely N-dealkylation sites (tertiary alicyclic amines) is 2. The van der Waals surface area contributed by atoms with Gasteiger partial charge in [0.15, 0.2) is 0 Å². The van der Waals surface area contributed by atoms with Crippen molar-refractivity contribution in [1.29, 1.82) is 0 Å². The van der Waals surface area contributed by atoms with E-state index in [1.54, 1.807) is 29.2 Å². The van der Waals surface area contributed by atoms with Gasteiger partial charge in [-0.05, 0) is 30.9 Å². The summed E-state index contributed by atoms with van der Waals surface area (Å²) in [6.07, 6.45) is 2.41. The largest absolute Gasteiger partial charge is 0.496 e. The molecule has 0 saturated carbocycles. The van der Waals surface area contributed by atoms with Gasteiger partial charge in [-0.2, -0.15) is 0 Å². The summed E-state index contributed by atoms with van der Waals surface area (Å²) < 4.78 is 5.49. The average Bonchev–Trinajstić information content (AvgIpc) is 3.11. The molecule has 35 heavy (non-hydrogen) atoms. The molecular formula is C28H32N2O5. The lowest BCUT2D eigenvalue weighted by atomic mass is 9.75. The highest BCUT2D eigenvalue weighted by Crippen LogP contribution is 2.43. The molecule has 7 nitrogen and oxygen atoms in total. The zero-order valence-corrected chi connectivity index (χ0v) is 20.4. The highest BCUT2D eigenvalue weighted by Gasteiger charge is 2.54. The number of likely N-dealkylation sites (N-methyl/N-ethyl adjacent to an activating group) is 1. The number of amides is 3. The minimum absolute atomic E-state index is 0.0816. The van der Waals surface area contributed by atoms with Crippen molar-refractivity contribution < 1.29 is 23.9 Å². The molecule has 2 aliphatic heterocycles. The summed E-state index contributed by atoms with van der Waals surface area (Å²) in [5, 5.41) is 0. The third-order valence-electron chi connectivity index (χ3n) is 7.35. The number of hydrogen-bond donors (Lipinski definition) is 0. The molecule has 2 unspecified atom stereocenters. The Morgan fingerprint density at radius 2 is 1.77 bits per heavy atom. The molecule has 0 spiro atoms. The van der Waals surface area contributed by atoms with Gasteiger partial charge in [-0.3, -0.25) is 24.1 Å². The van der Waals surface area contributed by atoms with Crippen molar-refractivity contribution in [3.05, 3.63) is 65.7 Å². The van der Waals surface area contributed by atoms with E-state index in [1.807, 2.05) is 30.3 Å². The first-order valence-corrected chi connectivity index (χ1v) is 12.1. The monoisotopic (exact) mass is 476 g/mol. The molecule has 2 atom stereocenters. The Morgan fingerprint density at radius 1 is 1.06 bits per heavy atom. The van der Waals surface area contributed by atoms with Crippen LogP contribution < -0.4 is 4.74 Å². The molecule has 0 N–H and O–H groups in total. The molecule has 2 fully saturated rings. The van der Waals surface area contributed by atoms with Crippen molar-refractivity contribution >= 4 is 23.5 Å². The van der Waals surface area contributed by atoms with Crippen molar-refractivity contribution in [1.82, 2.24) is 9.80 Å². The van der Waals surface area contributed by atoms with E-state index in [4.69, 9.17) is 4.74 Å². The van der Waals surface area contributed by atoms with Gasteiger partial charge in [0.05, 0.1) is 12.5 Å². The second-order valence-corrected chi connectivity index (χ2v) is 9.52. The number of carbonyl (C=O) groups is 4. The number of rotatable bonds is 8. The molecule has 184 valence electrons. The topological polar surface area (TPSA) is 84.0 Å². The number of para-hydroxylation sites is 1. The van der Waals surface area contributed by atoms with E-state index in [1.165, 1.54) is 14.2 Å². The number of Topliss-reactive ketones (excluding diaryl/α,β-unsaturated/α-hetero) is 1. The maximum atomic E-state index is 13.5. The summed E-state index contributed by atoms with van der Waals surface area (Å²) >= 11 is 0. The normalized spacial score (nSPS) is 22.4. The molecule has 0 radical (unpaired) electrons. The van der Waals surface area contributed by atoms with E-state index in [-0.39, 0.29) is 36.4 Å². The van der Waals surface area contributed by atoms with E-state index in [0.717, 1.165) is 23.3 Å². The number of hydrogen-bond acceptors (Lipinski definition) is 5. The van der Waals surface area contributed by atoms with Crippen LogP contribution >= 0.6 is 0 Å². The minimum Gasteiger partial charge on any atom is -0.496 e. The van der Waals surface area contributed by atoms with Gasteiger partial charge >= 0.3 is 0 Å². The lowest BCUT2D eigenvalue weighted by molar-refractivity contribution is -0.142. The first kappa shape index (κ1) is 24.6. The lowest BCUT2D eigenvalue weighted by Gasteiger charge is -2.35. The fourth-order valence-corrected chi connectivity index (χ4v) is 5.32. The Balaban J connectivity index is 1.50. The number of piperidine rings is 1. The number of carbonyl (C=O) groups excluding carboxylic acids is 4. The predicted molar refractivity (Wildman–Crippen MR) is 131 cm³/mol. The molecule has 2 aromatic carbocycles. The van der Waals surface area contributed by atoms with Crippen LogP contribution in [0.2, 0.25) is 0 Å². The van der Waals surface area contributed by atoms with Gasteiger partial charge in [-0.25, -0.2) is 0 Å². The molecule has 3 amide bonds. The number of ether oxygens (including phenoxy) is 1. The molecule has 2 saturated heterocycles. The third kappa shape index (κ3) is 4.99. The van der Waals surface area contributed by atoms with Crippen molar-refractivity contribution in [2.75, 3.05) is 27.2 Å². The van der Waals surface area contributed by atoms with Crippen molar-refractivity contribution in [2.45, 2.75) is 43.9 Å². The molecule has 0 aromatic heterocycles. The van der Waals surface area contributed by atoms with Gasteiger partial charge in [0.2, 0.25) is 17.7 Å². The summed E-state index contributed by atoms with van der Waals surface area (Å²) in [5.41, 5.74) is 0.364. The Hall–Kier alpha value is -3.48. The highest BCUT2D eigenvalue weighted by atomic mass is 16.5. The van der Waals surface area contributed by atoms with E-state index < -0.39 is 11.3 Å². The number of imide groups is 1. The summed E-state index contributed by atoms with van der Waals surface area (Å²) in [5.74, 6) is -0.494. The molecule has 7 heteroatoms. The third-order valence-corrected chi connectivity index (χ3v) is 7.35. The smallest absolute Gasteiger partial charge is 0.240 e. The molecule has 2 aromatic rings. The van der Waals surface area contributed by atoms with Crippen molar-refractivity contribution in [2.24, 2.45) is 5.92 Å². The van der Waals surface area contributed by atoms with E-state index in [0.29, 0.717) is 37.2 Å². The number of ketones is 1. The predicted octanol–water partition coefficient (Wildman–Crippen LogP) is 3.15. The lowest BCUT2D eigenvalue weighted by Crippen LogP contribution is -2.47. The molecule has 2 aliphatic rings. The second kappa shape index (κ2) is 10.4. The van der Waals surface area contributed by atoms with Crippen LogP contribution in [0, 0.1) is 5.92 Å². The van der Waals surface area contributed by atoms with Crippen LogP contribution in [0.5, 0.6) is 5.75 Å². The van der Waals surface area contributed by atoms with Crippen LogP contribution in [0.4, 0.5) is 0 Å². The summed E-state index contributed by atoms with van der Waals surface area (Å²) in [6, 6.07) is 17.0. The van der Waals surface area contributed by atoms with Crippen LogP contribution in [0.15, 0.2) is 54.6 Å². The average molecular weight is 477 g/mol. The maximum Gasteiger partial charge on any atom is 0.240 e. The summed E-state index contributed by atoms with van der Waals surface area (Å²) in [4.78, 5) is 55.2. The van der Waals surface area contributed by atoms with E-state index >= 15 is 0 Å². The van der Waals surface area contributed by atoms with Crippen molar-refractivity contribution in [3.8, 4) is 5.75 Å². The van der Waals surface area contributed by atoms with Crippen LogP contribution in [0.25, 0.3) is 0 Å². The SMILES string of the molecule is COc1ccccc1C1(CC(=O)N2CCCC(C(=O)CCc3ccccc3)C2)CC(=O)N(C)C1=O. The minimum atomic E-state index is -1.31. The van der Waals surface area contributed by atoms with Crippen LogP contribution in [-0.2, 0) is 31.0 Å². The molecule has 4 rings (SSSR count). The Kier molecular flexibility index (Phi) is 7.34. The number of methoxy groups -OCH3 is 1. The zero-order chi connectivity index (χ0) is 25.0. The van der Waals surface area contributed by atoms with Crippen LogP contribution in [-0.4, -0.2) is 60.6 Å². The summed E-state index contributed by atoms with van der Waals surface area (Å²) in [6.45, 7) is 0.897. The van der Waals surface area contributed by atoms with E-state index in [2.05, 4.69) is 0 Å². The number of aryl methyl sites for hydroxylation is 1. The number of benzene rings is 2. The van der Waals surface area contributed by atoms with Crippen molar-refractivity contribution in [3.63, 3.8) is 0 Å². The molecular weight excluding hydrogens is 444 g/mol. The molecule has 0 aliphatic carbocycles. The quantitative estimate of drug-likeness (QED) is 0.547.